The van der Waals surface area contributed by atoms with Crippen molar-refractivity contribution in [1.29, 1.82) is 0 Å². The van der Waals surface area contributed by atoms with Crippen LogP contribution in [-0.2, 0) is 13.2 Å². The lowest BCUT2D eigenvalue weighted by Crippen LogP contribution is -2.15. The van der Waals surface area contributed by atoms with Gasteiger partial charge < -0.3 is 19.7 Å². The van der Waals surface area contributed by atoms with Crippen LogP contribution in [0.1, 0.15) is 11.1 Å². The Kier molecular flexibility index (Phi) is 5.78. The Balaban J connectivity index is 2.29. The Bertz CT molecular complexity index is 797. The molecule has 2 aromatic rings. The molecule has 2 aromatic carbocycles. The van der Waals surface area contributed by atoms with E-state index in [1.54, 1.807) is 0 Å². The summed E-state index contributed by atoms with van der Waals surface area (Å²) in [5, 5.41) is 40.1. The third-order valence-corrected chi connectivity index (χ3v) is 3.19. The van der Waals surface area contributed by atoms with Crippen molar-refractivity contribution in [2.24, 2.45) is 0 Å². The van der Waals surface area contributed by atoms with Gasteiger partial charge in [0.2, 0.25) is 11.5 Å². The molecular formula is C15H12N2O9. The molecular weight excluding hydrogens is 352 g/mol. The second-order valence-electron chi connectivity index (χ2n) is 4.89. The minimum atomic E-state index is -1.46. The molecule has 0 radical (unpaired) electrons. The predicted molar refractivity (Wildman–Crippen MR) is 84.7 cm³/mol. The van der Waals surface area contributed by atoms with E-state index in [2.05, 4.69) is 0 Å². The van der Waals surface area contributed by atoms with Gasteiger partial charge in [0.15, 0.2) is 0 Å². The van der Waals surface area contributed by atoms with Crippen LogP contribution in [0.5, 0.6) is 11.5 Å². The van der Waals surface area contributed by atoms with Crippen LogP contribution in [0.25, 0.3) is 0 Å². The molecule has 0 fully saturated rings. The van der Waals surface area contributed by atoms with Crippen LogP contribution in [0, 0.1) is 20.2 Å². The lowest BCUT2D eigenvalue weighted by Gasteiger charge is -2.08. The van der Waals surface area contributed by atoms with E-state index in [0.29, 0.717) is 0 Å². The molecule has 0 aromatic heterocycles. The summed E-state index contributed by atoms with van der Waals surface area (Å²) in [5.41, 5.74) is -0.631. The largest absolute Gasteiger partial charge is 0.519 e. The van der Waals surface area contributed by atoms with Gasteiger partial charge >= 0.3 is 17.5 Å². The zero-order valence-electron chi connectivity index (χ0n) is 13.0. The summed E-state index contributed by atoms with van der Waals surface area (Å²) in [6.07, 6.45) is -1.46. The number of nitro groups is 2. The summed E-state index contributed by atoms with van der Waals surface area (Å²) in [5.74, 6) is -0.986. The first-order chi connectivity index (χ1) is 12.3. The molecule has 0 unspecified atom stereocenters. The Morgan fingerprint density at radius 2 is 1.23 bits per heavy atom. The number of hydrogen-bond acceptors (Lipinski definition) is 9. The average molecular weight is 364 g/mol. The maximum absolute atomic E-state index is 11.9. The van der Waals surface area contributed by atoms with E-state index in [4.69, 9.17) is 19.7 Å². The molecule has 0 amide bonds. The Morgan fingerprint density at radius 3 is 1.54 bits per heavy atom. The number of aliphatic hydroxyl groups excluding tert-OH is 2. The predicted octanol–water partition coefficient (Wildman–Crippen LogP) is 2.07. The molecule has 26 heavy (non-hydrogen) atoms. The van der Waals surface area contributed by atoms with E-state index in [1.165, 1.54) is 12.1 Å². The van der Waals surface area contributed by atoms with Gasteiger partial charge in [0.1, 0.15) is 0 Å². The molecule has 0 aliphatic carbocycles. The van der Waals surface area contributed by atoms with Crippen molar-refractivity contribution in [3.63, 3.8) is 0 Å². The number of nitro benzene ring substituents is 2. The summed E-state index contributed by atoms with van der Waals surface area (Å²) in [6.45, 7) is -0.902. The Morgan fingerprint density at radius 1 is 0.846 bits per heavy atom. The molecule has 11 nitrogen and oxygen atoms in total. The topological polar surface area (TPSA) is 162 Å². The summed E-state index contributed by atoms with van der Waals surface area (Å²) < 4.78 is 9.52. The lowest BCUT2D eigenvalue weighted by atomic mass is 10.2. The molecule has 0 aliphatic rings. The van der Waals surface area contributed by atoms with E-state index in [0.717, 1.165) is 24.3 Å². The van der Waals surface area contributed by atoms with Crippen molar-refractivity contribution >= 4 is 17.5 Å². The van der Waals surface area contributed by atoms with E-state index < -0.39 is 52.1 Å². The van der Waals surface area contributed by atoms with Gasteiger partial charge in [-0.2, -0.15) is 0 Å². The van der Waals surface area contributed by atoms with Crippen molar-refractivity contribution < 1.29 is 34.3 Å². The fourth-order valence-corrected chi connectivity index (χ4v) is 1.98. The van der Waals surface area contributed by atoms with Crippen LogP contribution >= 0.6 is 0 Å². The highest BCUT2D eigenvalue weighted by Gasteiger charge is 2.23. The maximum Gasteiger partial charge on any atom is 0.519 e. The minimum absolute atomic E-state index is 0.242. The van der Waals surface area contributed by atoms with E-state index >= 15 is 0 Å². The molecule has 0 aliphatic heterocycles. The number of carbonyl (C=O) groups excluding carboxylic acids is 1. The third kappa shape index (κ3) is 4.28. The van der Waals surface area contributed by atoms with Gasteiger partial charge in [0, 0.05) is 12.1 Å². The molecule has 0 bridgehead atoms. The van der Waals surface area contributed by atoms with Gasteiger partial charge in [-0.15, -0.1) is 0 Å². The second-order valence-corrected chi connectivity index (χ2v) is 4.89. The van der Waals surface area contributed by atoms with Crippen LogP contribution < -0.4 is 9.47 Å². The number of nitrogens with zero attached hydrogens (tertiary/aromatic N) is 2. The highest BCUT2D eigenvalue weighted by molar-refractivity contribution is 5.71. The fraction of sp³-hybridized carbons (Fsp3) is 0.133. The van der Waals surface area contributed by atoms with E-state index in [-0.39, 0.29) is 11.1 Å². The zero-order valence-corrected chi connectivity index (χ0v) is 13.0. The number of hydrogen-bond donors (Lipinski definition) is 2. The monoisotopic (exact) mass is 364 g/mol. The first-order valence-corrected chi connectivity index (χ1v) is 7.01. The van der Waals surface area contributed by atoms with Crippen molar-refractivity contribution in [1.82, 2.24) is 0 Å². The number of rotatable bonds is 6. The van der Waals surface area contributed by atoms with Gasteiger partial charge in [-0.05, 0) is 35.4 Å². The third-order valence-electron chi connectivity index (χ3n) is 3.19. The molecule has 0 spiro atoms. The van der Waals surface area contributed by atoms with Gasteiger partial charge in [-0.1, -0.05) is 0 Å². The molecule has 2 N–H and O–H groups in total. The average Bonchev–Trinajstić information content (AvgIpc) is 2.60. The van der Waals surface area contributed by atoms with Crippen molar-refractivity contribution in [3.8, 4) is 11.5 Å². The quantitative estimate of drug-likeness (QED) is 0.338. The minimum Gasteiger partial charge on any atom is -0.392 e. The number of aliphatic hydroxyl groups is 2. The van der Waals surface area contributed by atoms with Gasteiger partial charge in [0.25, 0.3) is 0 Å². The normalized spacial score (nSPS) is 10.2. The zero-order chi connectivity index (χ0) is 19.3. The van der Waals surface area contributed by atoms with Gasteiger partial charge in [-0.25, -0.2) is 4.79 Å². The molecule has 2 rings (SSSR count). The molecule has 0 atom stereocenters. The SMILES string of the molecule is O=C(Oc1cc(CO)ccc1[N+](=O)[O-])Oc1cc(CO)ccc1[N+](=O)[O-]. The van der Waals surface area contributed by atoms with Crippen LogP contribution in [-0.4, -0.2) is 26.2 Å². The van der Waals surface area contributed by atoms with Crippen LogP contribution in [0.3, 0.4) is 0 Å². The van der Waals surface area contributed by atoms with Crippen molar-refractivity contribution in [3.05, 3.63) is 67.8 Å². The van der Waals surface area contributed by atoms with E-state index in [9.17, 15) is 25.0 Å². The first-order valence-electron chi connectivity index (χ1n) is 7.01. The molecule has 0 heterocycles. The van der Waals surface area contributed by atoms with Crippen LogP contribution in [0.15, 0.2) is 36.4 Å². The smallest absolute Gasteiger partial charge is 0.392 e. The summed E-state index contributed by atoms with van der Waals surface area (Å²) in [7, 11) is 0. The first kappa shape index (κ1) is 18.8. The van der Waals surface area contributed by atoms with Crippen LogP contribution in [0.2, 0.25) is 0 Å². The number of ether oxygens (including phenoxy) is 2. The summed E-state index contributed by atoms with van der Waals surface area (Å²) in [4.78, 5) is 32.3. The molecule has 0 saturated carbocycles. The van der Waals surface area contributed by atoms with Gasteiger partial charge in [-0.3, -0.25) is 20.2 Å². The summed E-state index contributed by atoms with van der Waals surface area (Å²) in [6, 6.07) is 6.74. The second kappa shape index (κ2) is 8.00. The molecule has 136 valence electrons. The maximum atomic E-state index is 11.9. The molecule has 0 saturated heterocycles. The Labute approximate surface area is 145 Å². The highest BCUT2D eigenvalue weighted by Crippen LogP contribution is 2.31. The van der Waals surface area contributed by atoms with E-state index in [1.807, 2.05) is 0 Å². The number of carbonyl (C=O) groups is 1. The van der Waals surface area contributed by atoms with Crippen molar-refractivity contribution in [2.45, 2.75) is 13.2 Å². The van der Waals surface area contributed by atoms with Crippen molar-refractivity contribution in [2.75, 3.05) is 0 Å². The lowest BCUT2D eigenvalue weighted by molar-refractivity contribution is -0.386. The molecule has 11 heteroatoms. The van der Waals surface area contributed by atoms with Crippen LogP contribution in [0.4, 0.5) is 16.2 Å². The Hall–Kier alpha value is -3.57. The summed E-state index contributed by atoms with van der Waals surface area (Å²) >= 11 is 0. The fourth-order valence-electron chi connectivity index (χ4n) is 1.98. The number of benzene rings is 2. The highest BCUT2D eigenvalue weighted by atomic mass is 16.7. The standard InChI is InChI=1S/C15H12N2O9/c18-7-9-1-3-11(16(21)22)13(5-9)25-15(20)26-14-6-10(8-19)2-4-12(14)17(23)24/h1-6,18-19H,7-8H2. The van der Waals surface area contributed by atoms with Gasteiger partial charge in [0.05, 0.1) is 23.1 Å².